The van der Waals surface area contributed by atoms with Crippen molar-refractivity contribution in [3.63, 3.8) is 0 Å². The average molecular weight is 313 g/mol. The molecule has 0 unspecified atom stereocenters. The highest BCUT2D eigenvalue weighted by molar-refractivity contribution is 5.80. The Kier molecular flexibility index (Phi) is 3.43. The first-order valence-electron chi connectivity index (χ1n) is 7.74. The molecule has 0 saturated carbocycles. The molecule has 2 heterocycles. The van der Waals surface area contributed by atoms with E-state index in [2.05, 4.69) is 4.98 Å². The van der Waals surface area contributed by atoms with Crippen molar-refractivity contribution in [3.8, 4) is 17.2 Å². The molecule has 116 valence electrons. The van der Waals surface area contributed by atoms with E-state index in [0.29, 0.717) is 22.4 Å². The number of pyridine rings is 1. The van der Waals surface area contributed by atoms with E-state index < -0.39 is 0 Å². The van der Waals surface area contributed by atoms with Crippen LogP contribution in [0.1, 0.15) is 5.56 Å². The fourth-order valence-electron chi connectivity index (χ4n) is 2.73. The van der Waals surface area contributed by atoms with Crippen LogP contribution in [0.25, 0.3) is 28.1 Å². The number of para-hydroxylation sites is 1. The molecule has 0 aliphatic heterocycles. The summed E-state index contributed by atoms with van der Waals surface area (Å²) in [4.78, 5) is 22.2. The van der Waals surface area contributed by atoms with Gasteiger partial charge in [-0.3, -0.25) is 14.3 Å². The standard InChI is InChI=1S/C20H15N3O/c1-14-9-11-15(12-10-14)23-19(18-8-4-5-13-21-18)22-17-7-3-2-6-16(17)20(23)24/h2-13H,1H3. The van der Waals surface area contributed by atoms with Gasteiger partial charge in [-0.15, -0.1) is 0 Å². The molecule has 4 rings (SSSR count). The van der Waals surface area contributed by atoms with Gasteiger partial charge in [0, 0.05) is 6.20 Å². The predicted octanol–water partition coefficient (Wildman–Crippen LogP) is 3.76. The lowest BCUT2D eigenvalue weighted by Crippen LogP contribution is -2.22. The number of aryl methyl sites for hydroxylation is 1. The molecule has 0 fully saturated rings. The van der Waals surface area contributed by atoms with Crippen molar-refractivity contribution >= 4 is 10.9 Å². The third-order valence-electron chi connectivity index (χ3n) is 3.96. The molecule has 4 aromatic rings. The molecule has 2 aromatic carbocycles. The number of hydrogen-bond acceptors (Lipinski definition) is 3. The first-order valence-corrected chi connectivity index (χ1v) is 7.74. The molecular weight excluding hydrogens is 298 g/mol. The number of nitrogens with zero attached hydrogens (tertiary/aromatic N) is 3. The second-order valence-electron chi connectivity index (χ2n) is 5.64. The van der Waals surface area contributed by atoms with Crippen LogP contribution in [0.5, 0.6) is 0 Å². The van der Waals surface area contributed by atoms with Gasteiger partial charge in [0.15, 0.2) is 5.82 Å². The van der Waals surface area contributed by atoms with Crippen molar-refractivity contribution in [1.29, 1.82) is 0 Å². The van der Waals surface area contributed by atoms with Crippen LogP contribution in [0.3, 0.4) is 0 Å². The highest BCUT2D eigenvalue weighted by Gasteiger charge is 2.14. The number of rotatable bonds is 2. The minimum atomic E-state index is -0.0925. The quantitative estimate of drug-likeness (QED) is 0.566. The van der Waals surface area contributed by atoms with E-state index in [1.165, 1.54) is 0 Å². The Balaban J connectivity index is 2.11. The van der Waals surface area contributed by atoms with E-state index in [9.17, 15) is 4.79 Å². The molecule has 4 heteroatoms. The van der Waals surface area contributed by atoms with Crippen LogP contribution < -0.4 is 5.56 Å². The largest absolute Gasteiger partial charge is 0.268 e. The van der Waals surface area contributed by atoms with Gasteiger partial charge in [-0.1, -0.05) is 35.9 Å². The summed E-state index contributed by atoms with van der Waals surface area (Å²) >= 11 is 0. The maximum atomic E-state index is 13.1. The lowest BCUT2D eigenvalue weighted by atomic mass is 10.2. The highest BCUT2D eigenvalue weighted by atomic mass is 16.1. The van der Waals surface area contributed by atoms with Gasteiger partial charge in [0.1, 0.15) is 5.69 Å². The van der Waals surface area contributed by atoms with Gasteiger partial charge in [-0.2, -0.15) is 0 Å². The summed E-state index contributed by atoms with van der Waals surface area (Å²) in [6.07, 6.45) is 1.70. The van der Waals surface area contributed by atoms with Gasteiger partial charge < -0.3 is 0 Å². The summed E-state index contributed by atoms with van der Waals surface area (Å²) in [7, 11) is 0. The second-order valence-corrected chi connectivity index (χ2v) is 5.64. The number of fused-ring (bicyclic) bond motifs is 1. The van der Waals surface area contributed by atoms with Crippen LogP contribution in [0, 0.1) is 6.92 Å². The molecular formula is C20H15N3O. The average Bonchev–Trinajstić information content (AvgIpc) is 2.63. The maximum absolute atomic E-state index is 13.1. The van der Waals surface area contributed by atoms with Crippen LogP contribution in [0.15, 0.2) is 77.7 Å². The minimum absolute atomic E-state index is 0.0925. The van der Waals surface area contributed by atoms with E-state index in [-0.39, 0.29) is 5.56 Å². The summed E-state index contributed by atoms with van der Waals surface area (Å²) in [6, 6.07) is 20.8. The lowest BCUT2D eigenvalue weighted by molar-refractivity contribution is 0.964. The first kappa shape index (κ1) is 14.3. The molecule has 0 bridgehead atoms. The molecule has 0 N–H and O–H groups in total. The molecule has 0 aliphatic carbocycles. The minimum Gasteiger partial charge on any atom is -0.268 e. The molecule has 2 aromatic heterocycles. The molecule has 0 saturated heterocycles. The van der Waals surface area contributed by atoms with Gasteiger partial charge in [-0.05, 0) is 43.3 Å². The number of benzene rings is 2. The Morgan fingerprint density at radius 3 is 2.38 bits per heavy atom. The van der Waals surface area contributed by atoms with Gasteiger partial charge in [-0.25, -0.2) is 4.98 Å². The predicted molar refractivity (Wildman–Crippen MR) is 95.3 cm³/mol. The smallest absolute Gasteiger partial charge is 0.266 e. The molecule has 0 spiro atoms. The molecule has 0 aliphatic rings. The zero-order valence-electron chi connectivity index (χ0n) is 13.2. The Morgan fingerprint density at radius 2 is 1.62 bits per heavy atom. The monoisotopic (exact) mass is 313 g/mol. The fraction of sp³-hybridized carbons (Fsp3) is 0.0500. The van der Waals surface area contributed by atoms with Gasteiger partial charge in [0.05, 0.1) is 16.6 Å². The van der Waals surface area contributed by atoms with E-state index in [1.807, 2.05) is 67.6 Å². The maximum Gasteiger partial charge on any atom is 0.266 e. The van der Waals surface area contributed by atoms with Crippen molar-refractivity contribution in [2.75, 3.05) is 0 Å². The SMILES string of the molecule is Cc1ccc(-n2c(-c3ccccn3)nc3ccccc3c2=O)cc1. The van der Waals surface area contributed by atoms with Crippen molar-refractivity contribution in [2.24, 2.45) is 0 Å². The Labute approximate surface area is 139 Å². The summed E-state index contributed by atoms with van der Waals surface area (Å²) in [6.45, 7) is 2.02. The summed E-state index contributed by atoms with van der Waals surface area (Å²) < 4.78 is 1.63. The number of aromatic nitrogens is 3. The summed E-state index contributed by atoms with van der Waals surface area (Å²) in [5.41, 5.74) is 3.17. The van der Waals surface area contributed by atoms with Crippen LogP contribution in [0.4, 0.5) is 0 Å². The summed E-state index contributed by atoms with van der Waals surface area (Å²) in [5.74, 6) is 0.545. The second kappa shape index (κ2) is 5.74. The number of hydrogen-bond donors (Lipinski definition) is 0. The van der Waals surface area contributed by atoms with E-state index in [1.54, 1.807) is 16.8 Å². The highest BCUT2D eigenvalue weighted by Crippen LogP contribution is 2.20. The Morgan fingerprint density at radius 1 is 0.875 bits per heavy atom. The topological polar surface area (TPSA) is 47.8 Å². The van der Waals surface area contributed by atoms with Gasteiger partial charge in [0.25, 0.3) is 5.56 Å². The van der Waals surface area contributed by atoms with Crippen LogP contribution >= 0.6 is 0 Å². The van der Waals surface area contributed by atoms with E-state index >= 15 is 0 Å². The van der Waals surface area contributed by atoms with E-state index in [4.69, 9.17) is 4.98 Å². The van der Waals surface area contributed by atoms with Crippen LogP contribution in [-0.4, -0.2) is 14.5 Å². The van der Waals surface area contributed by atoms with E-state index in [0.717, 1.165) is 11.3 Å². The molecule has 24 heavy (non-hydrogen) atoms. The normalized spacial score (nSPS) is 10.9. The van der Waals surface area contributed by atoms with Crippen LogP contribution in [0.2, 0.25) is 0 Å². The Bertz CT molecular complexity index is 1070. The zero-order chi connectivity index (χ0) is 16.5. The fourth-order valence-corrected chi connectivity index (χ4v) is 2.73. The molecule has 0 radical (unpaired) electrons. The molecule has 4 nitrogen and oxygen atoms in total. The Hall–Kier alpha value is -3.27. The zero-order valence-corrected chi connectivity index (χ0v) is 13.2. The summed E-state index contributed by atoms with van der Waals surface area (Å²) in [5, 5.41) is 0.595. The third kappa shape index (κ3) is 2.38. The van der Waals surface area contributed by atoms with Crippen molar-refractivity contribution < 1.29 is 0 Å². The third-order valence-corrected chi connectivity index (χ3v) is 3.96. The van der Waals surface area contributed by atoms with Crippen molar-refractivity contribution in [2.45, 2.75) is 6.92 Å². The van der Waals surface area contributed by atoms with Gasteiger partial charge >= 0.3 is 0 Å². The molecule has 0 atom stereocenters. The van der Waals surface area contributed by atoms with Gasteiger partial charge in [0.2, 0.25) is 0 Å². The van der Waals surface area contributed by atoms with Crippen molar-refractivity contribution in [3.05, 3.63) is 88.8 Å². The first-order chi connectivity index (χ1) is 11.7. The van der Waals surface area contributed by atoms with Crippen LogP contribution in [-0.2, 0) is 0 Å². The lowest BCUT2D eigenvalue weighted by Gasteiger charge is -2.13. The van der Waals surface area contributed by atoms with Crippen molar-refractivity contribution in [1.82, 2.24) is 14.5 Å². The molecule has 0 amide bonds.